The van der Waals surface area contributed by atoms with Crippen molar-refractivity contribution in [1.82, 2.24) is 4.57 Å². The Morgan fingerprint density at radius 2 is 2.29 bits per heavy atom. The highest BCUT2D eigenvalue weighted by Gasteiger charge is 1.99. The number of carbonyl (C=O) groups is 1. The number of aromatic nitrogens is 1. The van der Waals surface area contributed by atoms with E-state index in [4.69, 9.17) is 4.74 Å². The summed E-state index contributed by atoms with van der Waals surface area (Å²) in [5.41, 5.74) is 2.16. The van der Waals surface area contributed by atoms with E-state index < -0.39 is 0 Å². The van der Waals surface area contributed by atoms with Gasteiger partial charge in [-0.2, -0.15) is 0 Å². The second-order valence-electron chi connectivity index (χ2n) is 3.23. The summed E-state index contributed by atoms with van der Waals surface area (Å²) in [5, 5.41) is 1.20. The van der Waals surface area contributed by atoms with Gasteiger partial charge in [0.25, 0.3) is 6.47 Å². The molecule has 0 saturated heterocycles. The summed E-state index contributed by atoms with van der Waals surface area (Å²) in [6.07, 6.45) is 2.01. The predicted octanol–water partition coefficient (Wildman–Crippen LogP) is 1.85. The second-order valence-corrected chi connectivity index (χ2v) is 3.23. The Bertz CT molecular complexity index is 459. The van der Waals surface area contributed by atoms with E-state index in [1.165, 1.54) is 5.39 Å². The molecule has 14 heavy (non-hydrogen) atoms. The fourth-order valence-corrected chi connectivity index (χ4v) is 1.53. The first-order chi connectivity index (χ1) is 6.81. The first kappa shape index (κ1) is 8.81. The third kappa shape index (κ3) is 1.48. The minimum absolute atomic E-state index is 0.338. The standard InChI is InChI=1S/C11H11NO2/c1-12-5-4-10-3-2-9(6-11(10)12)7-14-8-13/h2-6,8H,7H2,1H3. The molecule has 72 valence electrons. The summed E-state index contributed by atoms with van der Waals surface area (Å²) in [4.78, 5) is 10.0. The van der Waals surface area contributed by atoms with Gasteiger partial charge in [-0.05, 0) is 23.1 Å². The van der Waals surface area contributed by atoms with Crippen LogP contribution in [0.25, 0.3) is 10.9 Å². The Morgan fingerprint density at radius 1 is 1.43 bits per heavy atom. The molecule has 0 fully saturated rings. The number of benzene rings is 1. The second kappa shape index (κ2) is 3.54. The molecule has 1 aromatic carbocycles. The quantitative estimate of drug-likeness (QED) is 0.690. The van der Waals surface area contributed by atoms with Crippen molar-refractivity contribution < 1.29 is 9.53 Å². The molecule has 0 radical (unpaired) electrons. The van der Waals surface area contributed by atoms with Crippen LogP contribution in [0.5, 0.6) is 0 Å². The lowest BCUT2D eigenvalue weighted by Gasteiger charge is -2.01. The summed E-state index contributed by atoms with van der Waals surface area (Å²) >= 11 is 0. The molecular weight excluding hydrogens is 178 g/mol. The Kier molecular flexibility index (Phi) is 2.23. The van der Waals surface area contributed by atoms with E-state index >= 15 is 0 Å². The van der Waals surface area contributed by atoms with Gasteiger partial charge in [0.05, 0.1) is 0 Å². The van der Waals surface area contributed by atoms with Gasteiger partial charge in [-0.25, -0.2) is 0 Å². The molecule has 0 aliphatic heterocycles. The number of hydrogen-bond donors (Lipinski definition) is 0. The van der Waals surface area contributed by atoms with Gasteiger partial charge in [0.1, 0.15) is 6.61 Å². The number of aryl methyl sites for hydroxylation is 1. The molecule has 0 amide bonds. The highest BCUT2D eigenvalue weighted by Crippen LogP contribution is 2.16. The molecule has 1 heterocycles. The topological polar surface area (TPSA) is 31.2 Å². The van der Waals surface area contributed by atoms with E-state index in [2.05, 4.69) is 6.07 Å². The molecular formula is C11H11NO2. The molecule has 1 aromatic heterocycles. The van der Waals surface area contributed by atoms with Gasteiger partial charge in [-0.1, -0.05) is 12.1 Å². The lowest BCUT2D eigenvalue weighted by atomic mass is 10.2. The molecule has 2 rings (SSSR count). The Balaban J connectivity index is 2.39. The van der Waals surface area contributed by atoms with Crippen molar-refractivity contribution in [3.8, 4) is 0 Å². The molecule has 0 aliphatic rings. The fraction of sp³-hybridized carbons (Fsp3) is 0.182. The van der Waals surface area contributed by atoms with Gasteiger partial charge in [0, 0.05) is 18.8 Å². The van der Waals surface area contributed by atoms with Crippen molar-refractivity contribution in [2.45, 2.75) is 6.61 Å². The minimum Gasteiger partial charge on any atom is -0.463 e. The largest absolute Gasteiger partial charge is 0.463 e. The van der Waals surface area contributed by atoms with Crippen molar-refractivity contribution >= 4 is 17.4 Å². The lowest BCUT2D eigenvalue weighted by molar-refractivity contribution is -0.129. The Labute approximate surface area is 81.9 Å². The molecule has 0 N–H and O–H groups in total. The van der Waals surface area contributed by atoms with Crippen LogP contribution < -0.4 is 0 Å². The van der Waals surface area contributed by atoms with Crippen LogP contribution in [0.3, 0.4) is 0 Å². The normalized spacial score (nSPS) is 10.4. The van der Waals surface area contributed by atoms with Crippen LogP contribution in [0, 0.1) is 0 Å². The maximum Gasteiger partial charge on any atom is 0.293 e. The van der Waals surface area contributed by atoms with Crippen molar-refractivity contribution in [2.75, 3.05) is 0 Å². The summed E-state index contributed by atoms with van der Waals surface area (Å²) < 4.78 is 6.74. The van der Waals surface area contributed by atoms with E-state index in [1.807, 2.05) is 36.0 Å². The molecule has 0 atom stereocenters. The number of carbonyl (C=O) groups excluding carboxylic acids is 1. The number of nitrogens with zero attached hydrogens (tertiary/aromatic N) is 1. The van der Waals surface area contributed by atoms with Gasteiger partial charge in [0.15, 0.2) is 0 Å². The first-order valence-corrected chi connectivity index (χ1v) is 4.40. The summed E-state index contributed by atoms with van der Waals surface area (Å²) in [6.45, 7) is 0.805. The molecule has 0 aliphatic carbocycles. The van der Waals surface area contributed by atoms with E-state index in [1.54, 1.807) is 0 Å². The molecule has 0 spiro atoms. The Morgan fingerprint density at radius 3 is 3.07 bits per heavy atom. The monoisotopic (exact) mass is 189 g/mol. The van der Waals surface area contributed by atoms with Crippen LogP contribution in [0.1, 0.15) is 5.56 Å². The number of fused-ring (bicyclic) bond motifs is 1. The van der Waals surface area contributed by atoms with Crippen molar-refractivity contribution in [2.24, 2.45) is 7.05 Å². The zero-order valence-corrected chi connectivity index (χ0v) is 7.93. The van der Waals surface area contributed by atoms with Crippen LogP contribution in [0.15, 0.2) is 30.5 Å². The summed E-state index contributed by atoms with van der Waals surface area (Å²) in [7, 11) is 1.99. The maximum atomic E-state index is 10.0. The van der Waals surface area contributed by atoms with Crippen LogP contribution in [0.2, 0.25) is 0 Å². The predicted molar refractivity (Wildman–Crippen MR) is 53.8 cm³/mol. The van der Waals surface area contributed by atoms with Gasteiger partial charge >= 0.3 is 0 Å². The fourth-order valence-electron chi connectivity index (χ4n) is 1.53. The maximum absolute atomic E-state index is 10.0. The van der Waals surface area contributed by atoms with Crippen LogP contribution in [-0.4, -0.2) is 11.0 Å². The molecule has 0 saturated carbocycles. The zero-order valence-electron chi connectivity index (χ0n) is 7.93. The van der Waals surface area contributed by atoms with Crippen molar-refractivity contribution in [3.05, 3.63) is 36.0 Å². The highest BCUT2D eigenvalue weighted by atomic mass is 16.5. The van der Waals surface area contributed by atoms with Crippen LogP contribution in [-0.2, 0) is 23.2 Å². The number of ether oxygens (including phenoxy) is 1. The molecule has 3 heteroatoms. The van der Waals surface area contributed by atoms with E-state index in [-0.39, 0.29) is 0 Å². The van der Waals surface area contributed by atoms with E-state index in [0.29, 0.717) is 13.1 Å². The molecule has 0 unspecified atom stereocenters. The zero-order chi connectivity index (χ0) is 9.97. The SMILES string of the molecule is Cn1ccc2ccc(COC=O)cc21. The van der Waals surface area contributed by atoms with Crippen LogP contribution >= 0.6 is 0 Å². The number of hydrogen-bond acceptors (Lipinski definition) is 2. The average molecular weight is 189 g/mol. The van der Waals surface area contributed by atoms with E-state index in [9.17, 15) is 4.79 Å². The smallest absolute Gasteiger partial charge is 0.293 e. The molecule has 0 bridgehead atoms. The lowest BCUT2D eigenvalue weighted by Crippen LogP contribution is -1.91. The molecule has 3 nitrogen and oxygen atoms in total. The van der Waals surface area contributed by atoms with Crippen molar-refractivity contribution in [3.63, 3.8) is 0 Å². The minimum atomic E-state index is 0.338. The first-order valence-electron chi connectivity index (χ1n) is 4.40. The van der Waals surface area contributed by atoms with Crippen molar-refractivity contribution in [1.29, 1.82) is 0 Å². The van der Waals surface area contributed by atoms with Gasteiger partial charge < -0.3 is 9.30 Å². The summed E-state index contributed by atoms with van der Waals surface area (Å²) in [5.74, 6) is 0. The van der Waals surface area contributed by atoms with Gasteiger partial charge in [-0.3, -0.25) is 4.79 Å². The highest BCUT2D eigenvalue weighted by molar-refractivity contribution is 5.80. The van der Waals surface area contributed by atoms with E-state index in [0.717, 1.165) is 11.1 Å². The third-order valence-corrected chi connectivity index (χ3v) is 2.27. The Hall–Kier alpha value is -1.77. The van der Waals surface area contributed by atoms with Gasteiger partial charge in [-0.15, -0.1) is 0 Å². The third-order valence-electron chi connectivity index (χ3n) is 2.27. The average Bonchev–Trinajstić information content (AvgIpc) is 2.57. The number of rotatable bonds is 3. The summed E-state index contributed by atoms with van der Waals surface area (Å²) in [6, 6.07) is 8.07. The molecule has 2 aromatic rings. The van der Waals surface area contributed by atoms with Gasteiger partial charge in [0.2, 0.25) is 0 Å². The van der Waals surface area contributed by atoms with Crippen LogP contribution in [0.4, 0.5) is 0 Å².